The first kappa shape index (κ1) is 23.5. The van der Waals surface area contributed by atoms with Crippen LogP contribution in [0.5, 0.6) is 0 Å². The van der Waals surface area contributed by atoms with Gasteiger partial charge in [0.1, 0.15) is 11.5 Å². The number of fused-ring (bicyclic) bond motifs is 2. The van der Waals surface area contributed by atoms with Crippen LogP contribution in [0, 0.1) is 11.2 Å². The number of nitrogens with zero attached hydrogens (tertiary/aromatic N) is 2. The molecule has 8 heteroatoms. The molecule has 0 unspecified atom stereocenters. The molecule has 172 valence electrons. The van der Waals surface area contributed by atoms with Crippen LogP contribution in [-0.2, 0) is 23.1 Å². The molecular weight excluding hydrogens is 413 g/mol. The Kier molecular flexibility index (Phi) is 7.33. The van der Waals surface area contributed by atoms with Gasteiger partial charge >= 0.3 is 0 Å². The first-order valence-corrected chi connectivity index (χ1v) is 10.9. The van der Waals surface area contributed by atoms with Crippen molar-refractivity contribution in [2.24, 2.45) is 12.5 Å². The van der Waals surface area contributed by atoms with Crippen LogP contribution in [-0.4, -0.2) is 51.5 Å². The highest BCUT2D eigenvalue weighted by atomic mass is 19.1. The number of aryl methyl sites for hydroxylation is 1. The van der Waals surface area contributed by atoms with E-state index in [1.165, 1.54) is 6.07 Å². The second-order valence-corrected chi connectivity index (χ2v) is 8.38. The number of aromatic nitrogens is 1. The molecule has 32 heavy (non-hydrogen) atoms. The molecule has 3 atom stereocenters. The Labute approximate surface area is 187 Å². The number of rotatable bonds is 6. The van der Waals surface area contributed by atoms with Gasteiger partial charge in [0.25, 0.3) is 12.4 Å². The summed E-state index contributed by atoms with van der Waals surface area (Å²) in [4.78, 5) is 36.7. The first-order valence-electron chi connectivity index (χ1n) is 10.9. The van der Waals surface area contributed by atoms with Gasteiger partial charge in [-0.2, -0.15) is 0 Å². The fourth-order valence-corrected chi connectivity index (χ4v) is 5.28. The molecule has 2 N–H and O–H groups in total. The zero-order valence-electron chi connectivity index (χ0n) is 18.5. The molecule has 3 heterocycles. The minimum absolute atomic E-state index is 0.00628. The first-order chi connectivity index (χ1) is 15.4. The Bertz CT molecular complexity index is 976. The summed E-state index contributed by atoms with van der Waals surface area (Å²) < 4.78 is 15.7. The minimum atomic E-state index is -0.557. The van der Waals surface area contributed by atoms with Gasteiger partial charge in [0, 0.05) is 31.9 Å². The molecule has 0 saturated carbocycles. The summed E-state index contributed by atoms with van der Waals surface area (Å²) in [5.41, 5.74) is 0.708. The van der Waals surface area contributed by atoms with E-state index in [0.29, 0.717) is 37.1 Å². The van der Waals surface area contributed by atoms with Gasteiger partial charge < -0.3 is 19.9 Å². The third kappa shape index (κ3) is 4.26. The summed E-state index contributed by atoms with van der Waals surface area (Å²) in [5.74, 6) is -0.237. The molecule has 2 aliphatic heterocycles. The quantitative estimate of drug-likeness (QED) is 0.672. The predicted octanol–water partition coefficient (Wildman–Crippen LogP) is 3.00. The summed E-state index contributed by atoms with van der Waals surface area (Å²) in [7, 11) is 1.87. The third-order valence-electron chi connectivity index (χ3n) is 6.86. The molecule has 0 radical (unpaired) electrons. The number of hydrogen-bond acceptors (Lipinski definition) is 3. The molecule has 7 nitrogen and oxygen atoms in total. The van der Waals surface area contributed by atoms with E-state index in [-0.39, 0.29) is 36.2 Å². The molecular formula is C24H30FN3O4. The second kappa shape index (κ2) is 9.97. The smallest absolute Gasteiger partial charge is 0.290 e. The number of carboxylic acid groups (broad SMARTS) is 1. The van der Waals surface area contributed by atoms with Crippen molar-refractivity contribution in [1.82, 2.24) is 14.8 Å². The maximum atomic E-state index is 13.8. The molecule has 2 fully saturated rings. The summed E-state index contributed by atoms with van der Waals surface area (Å²) in [6.07, 6.45) is 5.53. The van der Waals surface area contributed by atoms with E-state index < -0.39 is 5.41 Å². The standard InChI is InChI=1S/C23H28FN3O2.CH2O2/c1-3-23(22(29)25-13-12-16-7-4-5-8-18(16)24)15-17-10-11-20(23)27(17)21(28)19-9-6-14-26(19)2;2-1-3/h4-9,14,17,20H,3,10-13,15H2,1-2H3,(H,25,29);1H,(H,2,3)/t17-,20+,23+;/m1./s1. The van der Waals surface area contributed by atoms with Crippen LogP contribution in [0.3, 0.4) is 0 Å². The van der Waals surface area contributed by atoms with Crippen LogP contribution < -0.4 is 5.32 Å². The van der Waals surface area contributed by atoms with Crippen LogP contribution in [0.25, 0.3) is 0 Å². The van der Waals surface area contributed by atoms with Crippen molar-refractivity contribution in [1.29, 1.82) is 0 Å². The van der Waals surface area contributed by atoms with Gasteiger partial charge in [0.15, 0.2) is 0 Å². The van der Waals surface area contributed by atoms with E-state index in [4.69, 9.17) is 9.90 Å². The van der Waals surface area contributed by atoms with E-state index in [9.17, 15) is 14.0 Å². The van der Waals surface area contributed by atoms with Crippen molar-refractivity contribution in [3.05, 3.63) is 59.7 Å². The fourth-order valence-electron chi connectivity index (χ4n) is 5.28. The highest BCUT2D eigenvalue weighted by molar-refractivity contribution is 5.95. The average molecular weight is 444 g/mol. The summed E-state index contributed by atoms with van der Waals surface area (Å²) in [5, 5.41) is 9.92. The van der Waals surface area contributed by atoms with Crippen molar-refractivity contribution >= 4 is 18.3 Å². The van der Waals surface area contributed by atoms with Crippen LogP contribution in [0.15, 0.2) is 42.6 Å². The van der Waals surface area contributed by atoms with Gasteiger partial charge in [0.05, 0.1) is 5.41 Å². The van der Waals surface area contributed by atoms with Crippen molar-refractivity contribution in [3.63, 3.8) is 0 Å². The SMILES string of the molecule is CC[C@]1(C(=O)NCCc2ccccc2F)C[C@H]2CC[C@@H]1N2C(=O)c1cccn1C.O=CO. The van der Waals surface area contributed by atoms with Gasteiger partial charge in [-0.25, -0.2) is 4.39 Å². The van der Waals surface area contributed by atoms with Crippen LogP contribution >= 0.6 is 0 Å². The number of hydrogen-bond donors (Lipinski definition) is 2. The maximum Gasteiger partial charge on any atom is 0.290 e. The van der Waals surface area contributed by atoms with Crippen LogP contribution in [0.2, 0.25) is 0 Å². The topological polar surface area (TPSA) is 91.6 Å². The maximum absolute atomic E-state index is 13.8. The van der Waals surface area contributed by atoms with E-state index in [1.54, 1.807) is 18.2 Å². The molecule has 1 aromatic carbocycles. The Morgan fingerprint density at radius 2 is 1.97 bits per heavy atom. The number of nitrogens with one attached hydrogen (secondary N) is 1. The van der Waals surface area contributed by atoms with Crippen LogP contribution in [0.4, 0.5) is 4.39 Å². The number of amides is 2. The monoisotopic (exact) mass is 443 g/mol. The second-order valence-electron chi connectivity index (χ2n) is 8.38. The molecule has 1 aromatic heterocycles. The van der Waals surface area contributed by atoms with Gasteiger partial charge in [-0.3, -0.25) is 14.4 Å². The number of carbonyl (C=O) groups is 3. The van der Waals surface area contributed by atoms with Crippen molar-refractivity contribution < 1.29 is 23.9 Å². The van der Waals surface area contributed by atoms with E-state index >= 15 is 0 Å². The van der Waals surface area contributed by atoms with Crippen molar-refractivity contribution in [3.8, 4) is 0 Å². The van der Waals surface area contributed by atoms with Crippen LogP contribution in [0.1, 0.15) is 48.7 Å². The molecule has 2 saturated heterocycles. The lowest BCUT2D eigenvalue weighted by atomic mass is 9.71. The third-order valence-corrected chi connectivity index (χ3v) is 6.86. The summed E-state index contributed by atoms with van der Waals surface area (Å²) in [6.45, 7) is 2.17. The normalized spacial score (nSPS) is 23.4. The molecule has 0 spiro atoms. The predicted molar refractivity (Wildman–Crippen MR) is 118 cm³/mol. The molecule has 2 amide bonds. The van der Waals surface area contributed by atoms with E-state index in [0.717, 1.165) is 12.8 Å². The lowest BCUT2D eigenvalue weighted by molar-refractivity contribution is -0.133. The van der Waals surface area contributed by atoms with E-state index in [2.05, 4.69) is 5.32 Å². The number of halogens is 1. The molecule has 2 aliphatic rings. The summed E-state index contributed by atoms with van der Waals surface area (Å²) in [6, 6.07) is 10.4. The molecule has 0 aliphatic carbocycles. The Morgan fingerprint density at radius 1 is 1.25 bits per heavy atom. The summed E-state index contributed by atoms with van der Waals surface area (Å²) >= 11 is 0. The average Bonchev–Trinajstić information content (AvgIpc) is 3.48. The number of carbonyl (C=O) groups excluding carboxylic acids is 2. The fraction of sp³-hybridized carbons (Fsp3) is 0.458. The highest BCUT2D eigenvalue weighted by Crippen LogP contribution is 2.52. The molecule has 4 rings (SSSR count). The van der Waals surface area contributed by atoms with Crippen molar-refractivity contribution in [2.75, 3.05) is 6.54 Å². The highest BCUT2D eigenvalue weighted by Gasteiger charge is 2.60. The zero-order valence-corrected chi connectivity index (χ0v) is 18.5. The minimum Gasteiger partial charge on any atom is -0.483 e. The zero-order chi connectivity index (χ0) is 23.3. The Hall–Kier alpha value is -3.16. The lowest BCUT2D eigenvalue weighted by Gasteiger charge is -2.35. The van der Waals surface area contributed by atoms with Gasteiger partial charge in [-0.1, -0.05) is 25.1 Å². The van der Waals surface area contributed by atoms with Crippen molar-refractivity contribution in [2.45, 2.75) is 51.1 Å². The van der Waals surface area contributed by atoms with E-state index in [1.807, 2.05) is 41.8 Å². The van der Waals surface area contributed by atoms with Gasteiger partial charge in [-0.05, 0) is 55.9 Å². The van der Waals surface area contributed by atoms with Gasteiger partial charge in [-0.15, -0.1) is 0 Å². The van der Waals surface area contributed by atoms with Gasteiger partial charge in [0.2, 0.25) is 5.91 Å². The lowest BCUT2D eigenvalue weighted by Crippen LogP contribution is -2.50. The molecule has 2 bridgehead atoms. The molecule has 2 aromatic rings. The Balaban J connectivity index is 0.000000913. The Morgan fingerprint density at radius 3 is 2.59 bits per heavy atom. The number of benzene rings is 1. The largest absolute Gasteiger partial charge is 0.483 e.